The fourth-order valence-corrected chi connectivity index (χ4v) is 4.93. The first-order chi connectivity index (χ1) is 17.3. The van der Waals surface area contributed by atoms with E-state index >= 15 is 0 Å². The van der Waals surface area contributed by atoms with Gasteiger partial charge in [0.1, 0.15) is 11.5 Å². The number of Topliss-reactive ketones (excluding diaryl/α,β-unsaturated/α-hetero) is 1. The minimum atomic E-state index is -0.789. The van der Waals surface area contributed by atoms with Gasteiger partial charge in [0.2, 0.25) is 0 Å². The highest BCUT2D eigenvalue weighted by molar-refractivity contribution is 6.46. The van der Waals surface area contributed by atoms with E-state index in [1.807, 2.05) is 0 Å². The van der Waals surface area contributed by atoms with Crippen molar-refractivity contribution < 1.29 is 29.0 Å². The number of nitrogens with one attached hydrogen (secondary N) is 1. The van der Waals surface area contributed by atoms with Crippen LogP contribution in [-0.2, 0) is 19.1 Å². The zero-order valence-electron chi connectivity index (χ0n) is 20.9. The first-order valence-corrected chi connectivity index (χ1v) is 12.2. The predicted octanol–water partition coefficient (Wildman–Crippen LogP) is 2.35. The highest BCUT2D eigenvalue weighted by Crippen LogP contribution is 2.40. The number of ether oxygens (including phenoxy) is 2. The van der Waals surface area contributed by atoms with Gasteiger partial charge >= 0.3 is 5.97 Å². The van der Waals surface area contributed by atoms with Gasteiger partial charge < -0.3 is 24.5 Å². The van der Waals surface area contributed by atoms with Crippen LogP contribution in [0.1, 0.15) is 52.3 Å². The van der Waals surface area contributed by atoms with E-state index in [0.717, 1.165) is 19.6 Å². The lowest BCUT2D eigenvalue weighted by Gasteiger charge is -2.29. The lowest BCUT2D eigenvalue weighted by molar-refractivity contribution is -0.140. The Morgan fingerprint density at radius 3 is 2.67 bits per heavy atom. The molecule has 36 heavy (non-hydrogen) atoms. The summed E-state index contributed by atoms with van der Waals surface area (Å²) >= 11 is 0. The van der Waals surface area contributed by atoms with Crippen LogP contribution in [0.25, 0.3) is 5.76 Å². The van der Waals surface area contributed by atoms with E-state index in [2.05, 4.69) is 14.9 Å². The first kappa shape index (κ1) is 25.6. The number of hydrogen-bond acceptors (Lipinski definition) is 8. The molecule has 0 bridgehead atoms. The maximum absolute atomic E-state index is 13.3. The zero-order valence-corrected chi connectivity index (χ0v) is 20.9. The van der Waals surface area contributed by atoms with Crippen LogP contribution in [0.2, 0.25) is 0 Å². The third kappa shape index (κ3) is 4.91. The minimum absolute atomic E-state index is 0.0139. The fraction of sp³-hybridized carbons (Fsp3) is 0.462. The standard InChI is InChI=1S/C26H32N4O6/c1-4-36-26(34)21-16(2)19(17(3)28-21)23(31)20-22(18-7-5-8-27-15-18)30(25(33)24(20)32)10-6-9-29-11-13-35-14-12-29/h5,7-8,15,22,28,31H,4,6,9-14H2,1-3H3/b23-20-. The fourth-order valence-electron chi connectivity index (χ4n) is 4.93. The molecule has 2 N–H and O–H groups in total. The Hall–Kier alpha value is -3.50. The lowest BCUT2D eigenvalue weighted by Crippen LogP contribution is -2.39. The summed E-state index contributed by atoms with van der Waals surface area (Å²) < 4.78 is 10.5. The van der Waals surface area contributed by atoms with Crippen LogP contribution in [0.15, 0.2) is 30.1 Å². The van der Waals surface area contributed by atoms with E-state index in [-0.39, 0.29) is 23.6 Å². The minimum Gasteiger partial charge on any atom is -0.507 e. The van der Waals surface area contributed by atoms with Crippen molar-refractivity contribution in [3.63, 3.8) is 0 Å². The number of carbonyl (C=O) groups is 3. The number of likely N-dealkylation sites (tertiary alicyclic amines) is 1. The normalized spacial score (nSPS) is 20.2. The Labute approximate surface area is 209 Å². The Morgan fingerprint density at radius 1 is 1.25 bits per heavy atom. The lowest BCUT2D eigenvalue weighted by atomic mass is 9.95. The predicted molar refractivity (Wildman–Crippen MR) is 131 cm³/mol. The molecule has 0 saturated carbocycles. The summed E-state index contributed by atoms with van der Waals surface area (Å²) in [5.74, 6) is -2.29. The molecule has 1 amide bonds. The maximum atomic E-state index is 13.3. The molecule has 2 aliphatic rings. The molecule has 2 aromatic heterocycles. The average Bonchev–Trinajstić information content (AvgIpc) is 3.32. The topological polar surface area (TPSA) is 125 Å². The van der Waals surface area contributed by atoms with Crippen molar-refractivity contribution in [2.75, 3.05) is 46.0 Å². The summed E-state index contributed by atoms with van der Waals surface area (Å²) in [7, 11) is 0. The molecule has 2 fully saturated rings. The SMILES string of the molecule is CCOC(=O)c1[nH]c(C)c(/C(O)=C2/C(=O)C(=O)N(CCCN3CCOCC3)C2c2cccnc2)c1C. The van der Waals surface area contributed by atoms with Crippen LogP contribution >= 0.6 is 0 Å². The Bertz CT molecular complexity index is 1170. The molecule has 0 radical (unpaired) electrons. The maximum Gasteiger partial charge on any atom is 0.355 e. The number of nitrogens with zero attached hydrogens (tertiary/aromatic N) is 3. The number of aromatic nitrogens is 2. The van der Waals surface area contributed by atoms with Crippen LogP contribution in [-0.4, -0.2) is 88.5 Å². The van der Waals surface area contributed by atoms with Crippen LogP contribution < -0.4 is 0 Å². The molecule has 10 heteroatoms. The number of rotatable bonds is 8. The molecule has 10 nitrogen and oxygen atoms in total. The van der Waals surface area contributed by atoms with Crippen LogP contribution in [0.3, 0.4) is 0 Å². The molecule has 4 rings (SSSR count). The molecule has 1 atom stereocenters. The average molecular weight is 497 g/mol. The molecule has 2 saturated heterocycles. The molecule has 0 spiro atoms. The Morgan fingerprint density at radius 2 is 2.00 bits per heavy atom. The summed E-state index contributed by atoms with van der Waals surface area (Å²) in [5.41, 5.74) is 2.08. The van der Waals surface area contributed by atoms with Crippen molar-refractivity contribution in [3.8, 4) is 0 Å². The van der Waals surface area contributed by atoms with Crippen LogP contribution in [0.5, 0.6) is 0 Å². The number of pyridine rings is 1. The van der Waals surface area contributed by atoms with Gasteiger partial charge in [0.15, 0.2) is 0 Å². The van der Waals surface area contributed by atoms with Crippen LogP contribution in [0, 0.1) is 13.8 Å². The van der Waals surface area contributed by atoms with Gasteiger partial charge in [-0.1, -0.05) is 6.07 Å². The van der Waals surface area contributed by atoms with Gasteiger partial charge in [-0.3, -0.25) is 19.5 Å². The first-order valence-electron chi connectivity index (χ1n) is 12.2. The van der Waals surface area contributed by atoms with E-state index < -0.39 is 23.7 Å². The summed E-state index contributed by atoms with van der Waals surface area (Å²) in [5, 5.41) is 11.4. The largest absolute Gasteiger partial charge is 0.507 e. The van der Waals surface area contributed by atoms with Crippen molar-refractivity contribution in [3.05, 3.63) is 58.2 Å². The van der Waals surface area contributed by atoms with E-state index in [4.69, 9.17) is 9.47 Å². The van der Waals surface area contributed by atoms with Crippen molar-refractivity contribution in [2.24, 2.45) is 0 Å². The van der Waals surface area contributed by atoms with Gasteiger partial charge in [-0.2, -0.15) is 0 Å². The number of aromatic amines is 1. The summed E-state index contributed by atoms with van der Waals surface area (Å²) in [6.07, 6.45) is 3.87. The van der Waals surface area contributed by atoms with Gasteiger partial charge in [0.05, 0.1) is 31.4 Å². The quantitative estimate of drug-likeness (QED) is 0.247. The number of esters is 1. The van der Waals surface area contributed by atoms with Gasteiger partial charge in [-0.25, -0.2) is 4.79 Å². The molecular weight excluding hydrogens is 464 g/mol. The molecule has 2 aromatic rings. The summed E-state index contributed by atoms with van der Waals surface area (Å²) in [6, 6.07) is 2.73. The van der Waals surface area contributed by atoms with Crippen molar-refractivity contribution in [1.29, 1.82) is 0 Å². The number of morpholine rings is 1. The number of amides is 1. The zero-order chi connectivity index (χ0) is 25.8. The van der Waals surface area contributed by atoms with Crippen molar-refractivity contribution in [1.82, 2.24) is 19.8 Å². The van der Waals surface area contributed by atoms with Gasteiger partial charge in [-0.05, 0) is 44.4 Å². The van der Waals surface area contributed by atoms with Crippen molar-refractivity contribution in [2.45, 2.75) is 33.2 Å². The number of carbonyl (C=O) groups excluding carboxylic acids is 3. The highest BCUT2D eigenvalue weighted by atomic mass is 16.5. The molecule has 0 aliphatic carbocycles. The van der Waals surface area contributed by atoms with E-state index in [1.165, 1.54) is 4.90 Å². The number of aliphatic hydroxyl groups excluding tert-OH is 1. The Kier molecular flexibility index (Phi) is 7.85. The third-order valence-electron chi connectivity index (χ3n) is 6.67. The molecule has 1 unspecified atom stereocenters. The smallest absolute Gasteiger partial charge is 0.355 e. The van der Waals surface area contributed by atoms with E-state index in [9.17, 15) is 19.5 Å². The number of hydrogen-bond donors (Lipinski definition) is 2. The summed E-state index contributed by atoms with van der Waals surface area (Å²) in [4.78, 5) is 49.8. The van der Waals surface area contributed by atoms with Crippen LogP contribution in [0.4, 0.5) is 0 Å². The monoisotopic (exact) mass is 496 g/mol. The molecule has 0 aromatic carbocycles. The van der Waals surface area contributed by atoms with Gasteiger partial charge in [-0.15, -0.1) is 0 Å². The number of aliphatic hydroxyl groups is 1. The number of H-pyrrole nitrogens is 1. The molecular formula is C26H32N4O6. The van der Waals surface area contributed by atoms with Crippen molar-refractivity contribution >= 4 is 23.4 Å². The number of ketones is 1. The van der Waals surface area contributed by atoms with Gasteiger partial charge in [0, 0.05) is 49.8 Å². The summed E-state index contributed by atoms with van der Waals surface area (Å²) in [6.45, 7) is 9.42. The third-order valence-corrected chi connectivity index (χ3v) is 6.67. The second kappa shape index (κ2) is 11.0. The Balaban J connectivity index is 1.71. The van der Waals surface area contributed by atoms with Gasteiger partial charge in [0.25, 0.3) is 11.7 Å². The van der Waals surface area contributed by atoms with E-state index in [0.29, 0.717) is 48.6 Å². The number of aryl methyl sites for hydroxylation is 1. The molecule has 4 heterocycles. The highest BCUT2D eigenvalue weighted by Gasteiger charge is 2.46. The second-order valence-electron chi connectivity index (χ2n) is 8.93. The van der Waals surface area contributed by atoms with E-state index in [1.54, 1.807) is 45.3 Å². The molecule has 2 aliphatic heterocycles. The second-order valence-corrected chi connectivity index (χ2v) is 8.93. The molecule has 192 valence electrons.